The molecule has 138 valence electrons. The average molecular weight is 363 g/mol. The molecule has 1 aromatic heterocycles. The molecule has 0 radical (unpaired) electrons. The third-order valence-corrected chi connectivity index (χ3v) is 4.92. The highest BCUT2D eigenvalue weighted by Gasteiger charge is 2.30. The first-order valence-corrected chi connectivity index (χ1v) is 9.01. The summed E-state index contributed by atoms with van der Waals surface area (Å²) in [6, 6.07) is 15.4. The monoisotopic (exact) mass is 363 g/mol. The maximum Gasteiger partial charge on any atom is 0.257 e. The van der Waals surface area contributed by atoms with Crippen molar-refractivity contribution in [3.63, 3.8) is 0 Å². The molecule has 0 saturated carbocycles. The van der Waals surface area contributed by atoms with Crippen molar-refractivity contribution in [2.24, 2.45) is 0 Å². The number of likely N-dealkylation sites (tertiary alicyclic amines) is 1. The van der Waals surface area contributed by atoms with Gasteiger partial charge in [0, 0.05) is 17.7 Å². The van der Waals surface area contributed by atoms with Crippen molar-refractivity contribution in [2.45, 2.75) is 25.8 Å². The Bertz CT molecular complexity index is 932. The number of amides is 1. The Labute approximate surface area is 157 Å². The van der Waals surface area contributed by atoms with E-state index in [2.05, 4.69) is 10.1 Å². The second-order valence-electron chi connectivity index (χ2n) is 6.65. The lowest BCUT2D eigenvalue weighted by atomic mass is 10.0. The normalized spacial score (nSPS) is 16.5. The molecular formula is C21H21N3O3. The van der Waals surface area contributed by atoms with Gasteiger partial charge in [0.1, 0.15) is 5.75 Å². The van der Waals surface area contributed by atoms with Crippen LogP contribution in [0.4, 0.5) is 0 Å². The van der Waals surface area contributed by atoms with Gasteiger partial charge in [0.15, 0.2) is 5.82 Å². The van der Waals surface area contributed by atoms with Crippen LogP contribution in [-0.4, -0.2) is 34.6 Å². The molecule has 1 amide bonds. The van der Waals surface area contributed by atoms with E-state index in [4.69, 9.17) is 9.26 Å². The van der Waals surface area contributed by atoms with Crippen molar-refractivity contribution < 1.29 is 14.1 Å². The molecule has 27 heavy (non-hydrogen) atoms. The van der Waals surface area contributed by atoms with Crippen LogP contribution in [0, 0.1) is 6.92 Å². The lowest BCUT2D eigenvalue weighted by molar-refractivity contribution is 0.0735. The van der Waals surface area contributed by atoms with Crippen LogP contribution in [0.1, 0.15) is 40.6 Å². The first-order chi connectivity index (χ1) is 13.2. The van der Waals surface area contributed by atoms with Crippen molar-refractivity contribution in [3.8, 4) is 17.2 Å². The summed E-state index contributed by atoms with van der Waals surface area (Å²) in [5, 5.41) is 3.80. The number of carbonyl (C=O) groups is 1. The van der Waals surface area contributed by atoms with Gasteiger partial charge in [-0.25, -0.2) is 0 Å². The summed E-state index contributed by atoms with van der Waals surface area (Å²) in [7, 11) is 1.65. The number of carbonyl (C=O) groups excluding carboxylic acids is 1. The summed E-state index contributed by atoms with van der Waals surface area (Å²) in [5.74, 6) is 1.91. The first-order valence-electron chi connectivity index (χ1n) is 9.01. The average Bonchev–Trinajstić information content (AvgIpc) is 3.37. The SMILES string of the molecule is COc1ccc(C2CCCN2C(=O)c2ccc(-c3nc(C)no3)cc2)cc1. The van der Waals surface area contributed by atoms with E-state index in [9.17, 15) is 4.79 Å². The van der Waals surface area contributed by atoms with E-state index in [0.717, 1.165) is 36.3 Å². The molecule has 4 rings (SSSR count). The molecule has 2 heterocycles. The van der Waals surface area contributed by atoms with E-state index < -0.39 is 0 Å². The molecule has 1 fully saturated rings. The van der Waals surface area contributed by atoms with E-state index in [1.165, 1.54) is 0 Å². The summed E-state index contributed by atoms with van der Waals surface area (Å²) in [6.07, 6.45) is 1.97. The van der Waals surface area contributed by atoms with Crippen molar-refractivity contribution in [3.05, 3.63) is 65.5 Å². The van der Waals surface area contributed by atoms with Gasteiger partial charge >= 0.3 is 0 Å². The summed E-state index contributed by atoms with van der Waals surface area (Å²) in [6.45, 7) is 2.54. The zero-order chi connectivity index (χ0) is 18.8. The fourth-order valence-corrected chi connectivity index (χ4v) is 3.52. The molecule has 0 bridgehead atoms. The van der Waals surface area contributed by atoms with Crippen LogP contribution in [0.15, 0.2) is 53.1 Å². The number of aromatic nitrogens is 2. The van der Waals surface area contributed by atoms with E-state index in [1.54, 1.807) is 14.0 Å². The van der Waals surface area contributed by atoms with Gasteiger partial charge in [0.2, 0.25) is 0 Å². The van der Waals surface area contributed by atoms with Gasteiger partial charge in [0.25, 0.3) is 11.8 Å². The van der Waals surface area contributed by atoms with Crippen LogP contribution in [0.25, 0.3) is 11.5 Å². The molecule has 1 aliphatic rings. The Morgan fingerprint density at radius 2 is 1.89 bits per heavy atom. The van der Waals surface area contributed by atoms with Crippen LogP contribution in [0.3, 0.4) is 0 Å². The molecule has 1 saturated heterocycles. The maximum absolute atomic E-state index is 13.1. The molecule has 6 heteroatoms. The highest BCUT2D eigenvalue weighted by Crippen LogP contribution is 2.34. The molecule has 1 unspecified atom stereocenters. The smallest absolute Gasteiger partial charge is 0.257 e. The number of hydrogen-bond donors (Lipinski definition) is 0. The lowest BCUT2D eigenvalue weighted by Crippen LogP contribution is -2.30. The van der Waals surface area contributed by atoms with Gasteiger partial charge in [0.05, 0.1) is 13.2 Å². The van der Waals surface area contributed by atoms with Crippen molar-refractivity contribution in [1.82, 2.24) is 15.0 Å². The van der Waals surface area contributed by atoms with Gasteiger partial charge in [-0.15, -0.1) is 0 Å². The minimum Gasteiger partial charge on any atom is -0.497 e. The van der Waals surface area contributed by atoms with Gasteiger partial charge in [-0.1, -0.05) is 17.3 Å². The highest BCUT2D eigenvalue weighted by molar-refractivity contribution is 5.95. The fourth-order valence-electron chi connectivity index (χ4n) is 3.52. The van der Waals surface area contributed by atoms with E-state index in [0.29, 0.717) is 17.3 Å². The number of rotatable bonds is 4. The van der Waals surface area contributed by atoms with E-state index >= 15 is 0 Å². The van der Waals surface area contributed by atoms with Crippen molar-refractivity contribution >= 4 is 5.91 Å². The Kier molecular flexibility index (Phi) is 4.62. The van der Waals surface area contributed by atoms with Crippen LogP contribution < -0.4 is 4.74 Å². The third kappa shape index (κ3) is 3.43. The second kappa shape index (κ2) is 7.23. The lowest BCUT2D eigenvalue weighted by Gasteiger charge is -2.25. The zero-order valence-electron chi connectivity index (χ0n) is 15.4. The number of methoxy groups -OCH3 is 1. The minimum absolute atomic E-state index is 0.0431. The summed E-state index contributed by atoms with van der Waals surface area (Å²) >= 11 is 0. The Morgan fingerprint density at radius 1 is 1.15 bits per heavy atom. The summed E-state index contributed by atoms with van der Waals surface area (Å²) < 4.78 is 10.4. The van der Waals surface area contributed by atoms with Gasteiger partial charge in [-0.2, -0.15) is 4.98 Å². The standard InChI is InChI=1S/C21H21N3O3/c1-14-22-20(27-23-14)16-5-7-17(8-6-16)21(25)24-13-3-4-19(24)15-9-11-18(26-2)12-10-15/h5-12,19H,3-4,13H2,1-2H3. The van der Waals surface area contributed by atoms with E-state index in [1.807, 2.05) is 53.4 Å². The molecular weight excluding hydrogens is 342 g/mol. The van der Waals surface area contributed by atoms with Gasteiger partial charge in [-0.3, -0.25) is 4.79 Å². The molecule has 0 spiro atoms. The van der Waals surface area contributed by atoms with Gasteiger partial charge in [-0.05, 0) is 61.7 Å². The predicted molar refractivity (Wildman–Crippen MR) is 100 cm³/mol. The van der Waals surface area contributed by atoms with Crippen LogP contribution in [-0.2, 0) is 0 Å². The Hall–Kier alpha value is -3.15. The van der Waals surface area contributed by atoms with Crippen LogP contribution >= 0.6 is 0 Å². The quantitative estimate of drug-likeness (QED) is 0.700. The van der Waals surface area contributed by atoms with Crippen molar-refractivity contribution in [2.75, 3.05) is 13.7 Å². The molecule has 2 aromatic carbocycles. The minimum atomic E-state index is 0.0431. The Balaban J connectivity index is 1.54. The summed E-state index contributed by atoms with van der Waals surface area (Å²) in [5.41, 5.74) is 2.61. The summed E-state index contributed by atoms with van der Waals surface area (Å²) in [4.78, 5) is 19.2. The molecule has 0 aliphatic carbocycles. The second-order valence-corrected chi connectivity index (χ2v) is 6.65. The number of ether oxygens (including phenoxy) is 1. The maximum atomic E-state index is 13.1. The molecule has 1 aliphatic heterocycles. The van der Waals surface area contributed by atoms with Crippen LogP contribution in [0.5, 0.6) is 5.75 Å². The predicted octanol–water partition coefficient (Wildman–Crippen LogP) is 4.03. The highest BCUT2D eigenvalue weighted by atomic mass is 16.5. The fraction of sp³-hybridized carbons (Fsp3) is 0.286. The number of hydrogen-bond acceptors (Lipinski definition) is 5. The van der Waals surface area contributed by atoms with Crippen LogP contribution in [0.2, 0.25) is 0 Å². The zero-order valence-corrected chi connectivity index (χ0v) is 15.4. The largest absolute Gasteiger partial charge is 0.497 e. The molecule has 6 nitrogen and oxygen atoms in total. The first kappa shape index (κ1) is 17.3. The Morgan fingerprint density at radius 3 is 2.52 bits per heavy atom. The van der Waals surface area contributed by atoms with Crippen molar-refractivity contribution in [1.29, 1.82) is 0 Å². The third-order valence-electron chi connectivity index (χ3n) is 4.92. The molecule has 1 atom stereocenters. The molecule has 0 N–H and O–H groups in total. The van der Waals surface area contributed by atoms with E-state index in [-0.39, 0.29) is 11.9 Å². The van der Waals surface area contributed by atoms with Gasteiger partial charge < -0.3 is 14.2 Å². The number of benzene rings is 2. The molecule has 3 aromatic rings. The number of aryl methyl sites for hydroxylation is 1. The topological polar surface area (TPSA) is 68.5 Å². The number of nitrogens with zero attached hydrogens (tertiary/aromatic N) is 3.